The Hall–Kier alpha value is -1.55. The maximum Gasteiger partial charge on any atom is 0.305 e. The van der Waals surface area contributed by atoms with Crippen molar-refractivity contribution >= 4 is 5.97 Å². The van der Waals surface area contributed by atoms with Crippen LogP contribution in [0.1, 0.15) is 18.4 Å². The molecule has 0 amide bonds. The molecule has 4 heteroatoms. The van der Waals surface area contributed by atoms with E-state index in [4.69, 9.17) is 4.74 Å². The molecule has 1 heterocycles. The smallest absolute Gasteiger partial charge is 0.305 e. The van der Waals surface area contributed by atoms with Gasteiger partial charge in [-0.05, 0) is 37.1 Å². The molecule has 0 radical (unpaired) electrons. The molecule has 0 aliphatic carbocycles. The van der Waals surface area contributed by atoms with Crippen molar-refractivity contribution in [1.82, 2.24) is 5.32 Å². The summed E-state index contributed by atoms with van der Waals surface area (Å²) in [5, 5.41) is 3.27. The van der Waals surface area contributed by atoms with E-state index >= 15 is 0 Å². The van der Waals surface area contributed by atoms with E-state index < -0.39 is 0 Å². The lowest BCUT2D eigenvalue weighted by Crippen LogP contribution is -2.19. The summed E-state index contributed by atoms with van der Waals surface area (Å²) in [6.45, 7) is 1.95. The van der Waals surface area contributed by atoms with E-state index in [1.807, 2.05) is 24.3 Å². The van der Waals surface area contributed by atoms with Crippen molar-refractivity contribution in [2.45, 2.75) is 25.4 Å². The predicted octanol–water partition coefficient (Wildman–Crippen LogP) is 1.53. The lowest BCUT2D eigenvalue weighted by Gasteiger charge is -2.12. The normalized spacial score (nSPS) is 18.6. The number of hydrogen-bond donors (Lipinski definition) is 1. The highest BCUT2D eigenvalue weighted by Gasteiger charge is 2.15. The van der Waals surface area contributed by atoms with Crippen LogP contribution in [0.2, 0.25) is 0 Å². The topological polar surface area (TPSA) is 47.6 Å². The predicted molar refractivity (Wildman–Crippen MR) is 68.7 cm³/mol. The third kappa shape index (κ3) is 3.74. The Balaban J connectivity index is 1.82. The number of rotatable bonds is 5. The fourth-order valence-electron chi connectivity index (χ4n) is 2.00. The van der Waals surface area contributed by atoms with Gasteiger partial charge in [0.25, 0.3) is 0 Å². The summed E-state index contributed by atoms with van der Waals surface area (Å²) in [6, 6.07) is 7.93. The van der Waals surface area contributed by atoms with Crippen molar-refractivity contribution in [3.05, 3.63) is 29.8 Å². The summed E-state index contributed by atoms with van der Waals surface area (Å²) in [6.07, 6.45) is 2.47. The molecule has 1 aliphatic heterocycles. The number of benzene rings is 1. The largest absolute Gasteiger partial charge is 0.489 e. The van der Waals surface area contributed by atoms with Gasteiger partial charge in [-0.15, -0.1) is 0 Å². The van der Waals surface area contributed by atoms with E-state index in [9.17, 15) is 4.79 Å². The molecule has 0 saturated carbocycles. The first kappa shape index (κ1) is 12.9. The Morgan fingerprint density at radius 2 is 2.17 bits per heavy atom. The Morgan fingerprint density at radius 3 is 2.78 bits per heavy atom. The van der Waals surface area contributed by atoms with Crippen LogP contribution in [0.25, 0.3) is 0 Å². The zero-order valence-electron chi connectivity index (χ0n) is 10.6. The number of carbonyl (C=O) groups is 1. The van der Waals surface area contributed by atoms with Crippen LogP contribution in [0.5, 0.6) is 5.75 Å². The SMILES string of the molecule is COC(=O)CCc1ccc(OC2CCNC2)cc1. The monoisotopic (exact) mass is 249 g/mol. The minimum absolute atomic E-state index is 0.174. The molecule has 2 rings (SSSR count). The van der Waals surface area contributed by atoms with Crippen molar-refractivity contribution in [2.75, 3.05) is 20.2 Å². The maximum absolute atomic E-state index is 11.0. The van der Waals surface area contributed by atoms with Crippen molar-refractivity contribution in [3.8, 4) is 5.75 Å². The Kier molecular flexibility index (Phi) is 4.59. The van der Waals surface area contributed by atoms with E-state index in [2.05, 4.69) is 10.1 Å². The molecule has 1 aromatic rings. The van der Waals surface area contributed by atoms with Crippen LogP contribution in [0.4, 0.5) is 0 Å². The van der Waals surface area contributed by atoms with Gasteiger partial charge in [-0.2, -0.15) is 0 Å². The molecule has 1 aliphatic rings. The first-order valence-electron chi connectivity index (χ1n) is 6.31. The minimum Gasteiger partial charge on any atom is -0.489 e. The van der Waals surface area contributed by atoms with Crippen LogP contribution in [0, 0.1) is 0 Å². The van der Waals surface area contributed by atoms with Crippen LogP contribution >= 0.6 is 0 Å². The molecule has 4 nitrogen and oxygen atoms in total. The average Bonchev–Trinajstić information content (AvgIpc) is 2.90. The summed E-state index contributed by atoms with van der Waals surface area (Å²) in [7, 11) is 1.41. The molecule has 1 atom stereocenters. The molecule has 1 aromatic carbocycles. The number of nitrogens with one attached hydrogen (secondary N) is 1. The second-order valence-corrected chi connectivity index (χ2v) is 4.45. The van der Waals surface area contributed by atoms with Gasteiger partial charge in [-0.3, -0.25) is 4.79 Å². The van der Waals surface area contributed by atoms with E-state index in [-0.39, 0.29) is 12.1 Å². The van der Waals surface area contributed by atoms with Gasteiger partial charge in [-0.25, -0.2) is 0 Å². The number of esters is 1. The van der Waals surface area contributed by atoms with Gasteiger partial charge in [-0.1, -0.05) is 12.1 Å². The van der Waals surface area contributed by atoms with E-state index in [0.717, 1.165) is 30.8 Å². The molecule has 1 N–H and O–H groups in total. The lowest BCUT2D eigenvalue weighted by atomic mass is 10.1. The highest BCUT2D eigenvalue weighted by atomic mass is 16.5. The third-order valence-corrected chi connectivity index (χ3v) is 3.09. The van der Waals surface area contributed by atoms with Crippen molar-refractivity contribution in [2.24, 2.45) is 0 Å². The quantitative estimate of drug-likeness (QED) is 0.804. The first-order chi connectivity index (χ1) is 8.78. The van der Waals surface area contributed by atoms with E-state index in [1.165, 1.54) is 7.11 Å². The number of carbonyl (C=O) groups excluding carboxylic acids is 1. The van der Waals surface area contributed by atoms with Crippen LogP contribution in [-0.4, -0.2) is 32.3 Å². The number of hydrogen-bond acceptors (Lipinski definition) is 4. The second-order valence-electron chi connectivity index (χ2n) is 4.45. The summed E-state index contributed by atoms with van der Waals surface area (Å²) >= 11 is 0. The second kappa shape index (κ2) is 6.40. The lowest BCUT2D eigenvalue weighted by molar-refractivity contribution is -0.140. The molecule has 0 aromatic heterocycles. The number of ether oxygens (including phenoxy) is 2. The van der Waals surface area contributed by atoms with Gasteiger partial charge in [0.15, 0.2) is 0 Å². The Morgan fingerprint density at radius 1 is 1.39 bits per heavy atom. The van der Waals surface area contributed by atoms with Crippen molar-refractivity contribution in [3.63, 3.8) is 0 Å². The van der Waals surface area contributed by atoms with Gasteiger partial charge < -0.3 is 14.8 Å². The highest BCUT2D eigenvalue weighted by Crippen LogP contribution is 2.17. The van der Waals surface area contributed by atoms with Crippen LogP contribution in [-0.2, 0) is 16.0 Å². The molecule has 18 heavy (non-hydrogen) atoms. The summed E-state index contributed by atoms with van der Waals surface area (Å²) in [4.78, 5) is 11.0. The van der Waals surface area contributed by atoms with Gasteiger partial charge >= 0.3 is 5.97 Å². The summed E-state index contributed by atoms with van der Waals surface area (Å²) < 4.78 is 10.4. The van der Waals surface area contributed by atoms with Gasteiger partial charge in [0.05, 0.1) is 7.11 Å². The number of aryl methyl sites for hydroxylation is 1. The van der Waals surface area contributed by atoms with Gasteiger partial charge in [0, 0.05) is 13.0 Å². The summed E-state index contributed by atoms with van der Waals surface area (Å²) in [5.41, 5.74) is 1.12. The molecule has 98 valence electrons. The van der Waals surface area contributed by atoms with Crippen LogP contribution in [0.3, 0.4) is 0 Å². The third-order valence-electron chi connectivity index (χ3n) is 3.09. The maximum atomic E-state index is 11.0. The molecule has 1 unspecified atom stereocenters. The zero-order chi connectivity index (χ0) is 12.8. The van der Waals surface area contributed by atoms with E-state index in [1.54, 1.807) is 0 Å². The first-order valence-corrected chi connectivity index (χ1v) is 6.31. The highest BCUT2D eigenvalue weighted by molar-refractivity contribution is 5.69. The average molecular weight is 249 g/mol. The Bertz CT molecular complexity index is 383. The molecular formula is C14H19NO3. The van der Waals surface area contributed by atoms with Gasteiger partial charge in [0.2, 0.25) is 0 Å². The number of methoxy groups -OCH3 is 1. The molecule has 0 bridgehead atoms. The van der Waals surface area contributed by atoms with Crippen LogP contribution < -0.4 is 10.1 Å². The van der Waals surface area contributed by atoms with Crippen molar-refractivity contribution < 1.29 is 14.3 Å². The van der Waals surface area contributed by atoms with Crippen molar-refractivity contribution in [1.29, 1.82) is 0 Å². The minimum atomic E-state index is -0.174. The van der Waals surface area contributed by atoms with Crippen LogP contribution in [0.15, 0.2) is 24.3 Å². The standard InChI is InChI=1S/C14H19NO3/c1-17-14(16)7-4-11-2-5-12(6-3-11)18-13-8-9-15-10-13/h2-3,5-6,13,15H,4,7-10H2,1H3. The molecule has 1 fully saturated rings. The van der Waals surface area contributed by atoms with E-state index in [0.29, 0.717) is 12.8 Å². The van der Waals surface area contributed by atoms with Gasteiger partial charge in [0.1, 0.15) is 11.9 Å². The molecular weight excluding hydrogens is 230 g/mol. The fourth-order valence-corrected chi connectivity index (χ4v) is 2.00. The fraction of sp³-hybridized carbons (Fsp3) is 0.500. The zero-order valence-corrected chi connectivity index (χ0v) is 10.6. The Labute approximate surface area is 107 Å². The summed E-state index contributed by atoms with van der Waals surface area (Å²) in [5.74, 6) is 0.720. The molecule has 0 spiro atoms. The molecule has 1 saturated heterocycles.